The number of rotatable bonds is 5. The van der Waals surface area contributed by atoms with Crippen LogP contribution in [0.3, 0.4) is 0 Å². The molecule has 0 bridgehead atoms. The third-order valence-electron chi connectivity index (χ3n) is 3.29. The van der Waals surface area contributed by atoms with Gasteiger partial charge in [0.15, 0.2) is 7.14 Å². The maximum atomic E-state index is 5.85. The third kappa shape index (κ3) is 4.34. The van der Waals surface area contributed by atoms with Crippen LogP contribution in [0.15, 0.2) is 78.9 Å². The Bertz CT molecular complexity index is 703. The van der Waals surface area contributed by atoms with E-state index in [0.29, 0.717) is 6.61 Å². The van der Waals surface area contributed by atoms with E-state index in [1.54, 1.807) is 0 Å². The summed E-state index contributed by atoms with van der Waals surface area (Å²) in [5, 5.41) is 0. The van der Waals surface area contributed by atoms with Gasteiger partial charge in [-0.15, -0.1) is 0 Å². The fourth-order valence-electron chi connectivity index (χ4n) is 2.05. The van der Waals surface area contributed by atoms with Gasteiger partial charge in [0.05, 0.1) is 0 Å². The smallest absolute Gasteiger partial charge is 0.357 e. The van der Waals surface area contributed by atoms with Crippen LogP contribution in [0.5, 0.6) is 5.75 Å². The fourth-order valence-corrected chi connectivity index (χ4v) is 4.26. The lowest BCUT2D eigenvalue weighted by atomic mass is 10.2. The molecule has 0 amide bonds. The lowest BCUT2D eigenvalue weighted by Crippen LogP contribution is -3.61. The van der Waals surface area contributed by atoms with Gasteiger partial charge in [0.1, 0.15) is 12.4 Å². The summed E-state index contributed by atoms with van der Waals surface area (Å²) in [6.07, 6.45) is 0. The van der Waals surface area contributed by atoms with E-state index in [1.165, 1.54) is 18.3 Å². The van der Waals surface area contributed by atoms with Gasteiger partial charge in [0.25, 0.3) is 0 Å². The van der Waals surface area contributed by atoms with Crippen molar-refractivity contribution in [3.05, 3.63) is 97.1 Å². The van der Waals surface area contributed by atoms with Crippen LogP contribution < -0.4 is 25.9 Å². The molecular weight excluding hydrogens is 383 g/mol. The lowest BCUT2D eigenvalue weighted by molar-refractivity contribution is -0.597. The Morgan fingerprint density at radius 3 is 2.05 bits per heavy atom. The van der Waals surface area contributed by atoms with E-state index >= 15 is 0 Å². The summed E-state index contributed by atoms with van der Waals surface area (Å²) in [5.74, 6) is 0.932. The maximum Gasteiger partial charge on any atom is 0.357 e. The van der Waals surface area contributed by atoms with Crippen molar-refractivity contribution in [3.63, 3.8) is 0 Å². The normalized spacial score (nSPS) is 10.4. The van der Waals surface area contributed by atoms with Crippen molar-refractivity contribution < 1.29 is 25.9 Å². The summed E-state index contributed by atoms with van der Waals surface area (Å²) in [6, 6.07) is 27.7. The van der Waals surface area contributed by atoms with Crippen LogP contribution in [0.4, 0.5) is 0 Å². The number of benzene rings is 3. The summed E-state index contributed by atoms with van der Waals surface area (Å²) in [7, 11) is 0. The van der Waals surface area contributed by atoms with E-state index in [0.717, 1.165) is 5.75 Å². The summed E-state index contributed by atoms with van der Waals surface area (Å²) < 4.78 is 8.70. The first kappa shape index (κ1) is 15.1. The molecule has 0 N–H and O–H groups in total. The van der Waals surface area contributed by atoms with Gasteiger partial charge in [-0.05, 0) is 48.9 Å². The molecule has 3 aromatic carbocycles. The molecule has 3 rings (SSSR count). The van der Waals surface area contributed by atoms with Crippen LogP contribution in [-0.2, 0) is 6.61 Å². The topological polar surface area (TPSA) is 9.23 Å². The molecule has 3 aromatic rings. The molecule has 0 saturated carbocycles. The van der Waals surface area contributed by atoms with Crippen molar-refractivity contribution >= 4 is 0 Å². The van der Waals surface area contributed by atoms with Crippen molar-refractivity contribution in [2.45, 2.75) is 13.5 Å². The lowest BCUT2D eigenvalue weighted by Gasteiger charge is -2.06. The highest BCUT2D eigenvalue weighted by atomic mass is 127. The van der Waals surface area contributed by atoms with Crippen LogP contribution in [-0.4, -0.2) is 0 Å². The quantitative estimate of drug-likeness (QED) is 0.592. The van der Waals surface area contributed by atoms with Crippen LogP contribution in [0, 0.1) is 14.1 Å². The van der Waals surface area contributed by atoms with E-state index in [-0.39, 0.29) is 21.2 Å². The third-order valence-corrected chi connectivity index (χ3v) is 5.98. The molecule has 0 aromatic heterocycles. The van der Waals surface area contributed by atoms with Crippen LogP contribution in [0.2, 0.25) is 0 Å². The predicted octanol–water partition coefficient (Wildman–Crippen LogP) is 1.70. The Morgan fingerprint density at radius 2 is 1.36 bits per heavy atom. The standard InChI is InChI=1S/C20H18IO/c1-16-7-9-17(10-8-16)15-22-20-13-11-19(12-14-20)21-18-5-3-2-4-6-18/h2-14H,15H2,1H3/q+1. The Balaban J connectivity index is 1.58. The highest BCUT2D eigenvalue weighted by Gasteiger charge is 2.14. The molecule has 0 fully saturated rings. The molecule has 0 unspecified atom stereocenters. The van der Waals surface area contributed by atoms with Gasteiger partial charge in [-0.25, -0.2) is 0 Å². The highest BCUT2D eigenvalue weighted by molar-refractivity contribution is 5.24. The van der Waals surface area contributed by atoms with Gasteiger partial charge in [-0.2, -0.15) is 0 Å². The Labute approximate surface area is 142 Å². The maximum absolute atomic E-state index is 5.85. The van der Waals surface area contributed by atoms with Gasteiger partial charge in [-0.1, -0.05) is 48.0 Å². The van der Waals surface area contributed by atoms with Crippen LogP contribution in [0.25, 0.3) is 0 Å². The van der Waals surface area contributed by atoms with Gasteiger partial charge in [-0.3, -0.25) is 0 Å². The second-order valence-corrected chi connectivity index (χ2v) is 8.15. The molecule has 0 aliphatic heterocycles. The van der Waals surface area contributed by atoms with E-state index in [1.807, 2.05) is 0 Å². The van der Waals surface area contributed by atoms with Gasteiger partial charge in [0, 0.05) is 0 Å². The van der Waals surface area contributed by atoms with Crippen molar-refractivity contribution in [1.82, 2.24) is 0 Å². The number of ether oxygens (including phenoxy) is 1. The Hall–Kier alpha value is -1.81. The van der Waals surface area contributed by atoms with Crippen molar-refractivity contribution in [1.29, 1.82) is 0 Å². The summed E-state index contributed by atoms with van der Waals surface area (Å²) in [6.45, 7) is 2.71. The molecule has 2 heteroatoms. The first-order valence-corrected chi connectivity index (χ1v) is 9.44. The first-order chi connectivity index (χ1) is 10.8. The number of hydrogen-bond donors (Lipinski definition) is 0. The summed E-state index contributed by atoms with van der Waals surface area (Å²) >= 11 is -0.0978. The minimum absolute atomic E-state index is 0.0978. The number of hydrogen-bond acceptors (Lipinski definition) is 1. The fraction of sp³-hybridized carbons (Fsp3) is 0.100. The molecule has 110 valence electrons. The predicted molar refractivity (Wildman–Crippen MR) is 85.8 cm³/mol. The van der Waals surface area contributed by atoms with Gasteiger partial charge in [0.2, 0.25) is 0 Å². The first-order valence-electron chi connectivity index (χ1n) is 7.28. The van der Waals surface area contributed by atoms with E-state index in [4.69, 9.17) is 4.74 Å². The summed E-state index contributed by atoms with van der Waals surface area (Å²) in [5.41, 5.74) is 2.48. The summed E-state index contributed by atoms with van der Waals surface area (Å²) in [4.78, 5) is 0. The molecule has 22 heavy (non-hydrogen) atoms. The van der Waals surface area contributed by atoms with E-state index in [9.17, 15) is 0 Å². The minimum atomic E-state index is -0.0978. The Morgan fingerprint density at radius 1 is 0.727 bits per heavy atom. The zero-order chi connectivity index (χ0) is 15.2. The molecule has 0 spiro atoms. The Kier molecular flexibility index (Phi) is 5.11. The van der Waals surface area contributed by atoms with Crippen LogP contribution in [0.1, 0.15) is 11.1 Å². The van der Waals surface area contributed by atoms with Crippen LogP contribution >= 0.6 is 0 Å². The average Bonchev–Trinajstić information content (AvgIpc) is 2.57. The van der Waals surface area contributed by atoms with E-state index < -0.39 is 0 Å². The van der Waals surface area contributed by atoms with Crippen molar-refractivity contribution in [3.8, 4) is 5.75 Å². The molecule has 0 heterocycles. The molecule has 0 radical (unpaired) electrons. The second kappa shape index (κ2) is 7.45. The molecule has 1 nitrogen and oxygen atoms in total. The molecule has 0 aliphatic rings. The van der Waals surface area contributed by atoms with Crippen molar-refractivity contribution in [2.75, 3.05) is 0 Å². The van der Waals surface area contributed by atoms with Gasteiger partial charge >= 0.3 is 21.2 Å². The SMILES string of the molecule is Cc1ccc(COc2ccc([I+]c3ccccc3)cc2)cc1. The zero-order valence-electron chi connectivity index (χ0n) is 12.5. The molecule has 0 atom stereocenters. The zero-order valence-corrected chi connectivity index (χ0v) is 14.7. The largest absolute Gasteiger partial charge is 0.489 e. The monoisotopic (exact) mass is 401 g/mol. The second-order valence-electron chi connectivity index (χ2n) is 5.12. The number of halogens is 1. The van der Waals surface area contributed by atoms with Crippen molar-refractivity contribution in [2.24, 2.45) is 0 Å². The van der Waals surface area contributed by atoms with Gasteiger partial charge < -0.3 is 4.74 Å². The highest BCUT2D eigenvalue weighted by Crippen LogP contribution is 2.12. The molecule has 0 aliphatic carbocycles. The molecular formula is C20H18IO+. The average molecular weight is 401 g/mol. The molecule has 0 saturated heterocycles. The number of aryl methyl sites for hydroxylation is 1. The van der Waals surface area contributed by atoms with E-state index in [2.05, 4.69) is 85.8 Å². The minimum Gasteiger partial charge on any atom is -0.489 e.